The number of hydrazine groups is 1. The average Bonchev–Trinajstić information content (AvgIpc) is 2.52. The fourth-order valence-electron chi connectivity index (χ4n) is 1.57. The van der Waals surface area contributed by atoms with Crippen LogP contribution in [0.1, 0.15) is 0 Å². The highest BCUT2D eigenvalue weighted by Gasteiger charge is 2.06. The highest BCUT2D eigenvalue weighted by Crippen LogP contribution is 2.15. The zero-order valence-corrected chi connectivity index (χ0v) is 13.3. The molecule has 0 atom stereocenters. The number of hydrogen-bond donors (Lipinski definition) is 3. The molecule has 0 fully saturated rings. The van der Waals surface area contributed by atoms with Gasteiger partial charge in [0.2, 0.25) is 0 Å². The minimum Gasteiger partial charge on any atom is -0.484 e. The summed E-state index contributed by atoms with van der Waals surface area (Å²) in [5, 5.41) is 3.57. The number of carbonyl (C=O) groups excluding carboxylic acids is 2. The van der Waals surface area contributed by atoms with Crippen LogP contribution in [-0.2, 0) is 4.79 Å². The summed E-state index contributed by atoms with van der Waals surface area (Å²) < 4.78 is 5.23. The Morgan fingerprint density at radius 3 is 2.39 bits per heavy atom. The molecule has 0 spiro atoms. The van der Waals surface area contributed by atoms with E-state index < -0.39 is 11.9 Å². The number of benzene rings is 2. The van der Waals surface area contributed by atoms with E-state index in [1.807, 2.05) is 0 Å². The minimum absolute atomic E-state index is 0.251. The van der Waals surface area contributed by atoms with Crippen LogP contribution in [0.4, 0.5) is 10.5 Å². The second-order valence-corrected chi connectivity index (χ2v) is 5.25. The Morgan fingerprint density at radius 1 is 0.957 bits per heavy atom. The van der Waals surface area contributed by atoms with Gasteiger partial charge in [0.15, 0.2) is 6.61 Å². The van der Waals surface area contributed by atoms with Crippen LogP contribution in [0, 0.1) is 0 Å². The lowest BCUT2D eigenvalue weighted by Crippen LogP contribution is -2.45. The Kier molecular flexibility index (Phi) is 6.08. The highest BCUT2D eigenvalue weighted by molar-refractivity contribution is 6.31. The molecule has 23 heavy (non-hydrogen) atoms. The maximum atomic E-state index is 11.6. The largest absolute Gasteiger partial charge is 0.484 e. The predicted octanol–water partition coefficient (Wildman–Crippen LogP) is 3.23. The van der Waals surface area contributed by atoms with Crippen LogP contribution in [0.3, 0.4) is 0 Å². The number of nitrogens with one attached hydrogen (secondary N) is 3. The number of hydrogen-bond acceptors (Lipinski definition) is 3. The first-order chi connectivity index (χ1) is 11.0. The molecule has 2 aromatic carbocycles. The molecule has 0 aliphatic heterocycles. The standard InChI is InChI=1S/C15H13Cl2N3O3/c16-10-4-6-13(7-5-10)23-9-14(21)19-20-15(22)18-12-3-1-2-11(17)8-12/h1-8H,9H2,(H,19,21)(H2,18,20,22). The van der Waals surface area contributed by atoms with Gasteiger partial charge in [-0.25, -0.2) is 10.2 Å². The maximum absolute atomic E-state index is 11.6. The van der Waals surface area contributed by atoms with E-state index in [2.05, 4.69) is 16.2 Å². The fraction of sp³-hybridized carbons (Fsp3) is 0.0667. The lowest BCUT2D eigenvalue weighted by atomic mass is 10.3. The van der Waals surface area contributed by atoms with Gasteiger partial charge in [0, 0.05) is 15.7 Å². The lowest BCUT2D eigenvalue weighted by molar-refractivity contribution is -0.123. The third-order valence-electron chi connectivity index (χ3n) is 2.58. The van der Waals surface area contributed by atoms with E-state index >= 15 is 0 Å². The normalized spacial score (nSPS) is 9.83. The third kappa shape index (κ3) is 6.06. The summed E-state index contributed by atoms with van der Waals surface area (Å²) in [6, 6.07) is 12.6. The second kappa shape index (κ2) is 8.26. The Balaban J connectivity index is 1.71. The van der Waals surface area contributed by atoms with Gasteiger partial charge < -0.3 is 10.1 Å². The average molecular weight is 354 g/mol. The molecule has 2 rings (SSSR count). The van der Waals surface area contributed by atoms with Crippen molar-refractivity contribution < 1.29 is 14.3 Å². The van der Waals surface area contributed by atoms with Crippen molar-refractivity contribution >= 4 is 40.8 Å². The molecule has 2 aromatic rings. The van der Waals surface area contributed by atoms with Crippen molar-refractivity contribution in [2.45, 2.75) is 0 Å². The van der Waals surface area contributed by atoms with Gasteiger partial charge in [-0.2, -0.15) is 0 Å². The van der Waals surface area contributed by atoms with Gasteiger partial charge in [-0.3, -0.25) is 10.2 Å². The summed E-state index contributed by atoms with van der Waals surface area (Å²) in [5.41, 5.74) is 4.92. The first-order valence-electron chi connectivity index (χ1n) is 6.53. The van der Waals surface area contributed by atoms with Crippen LogP contribution in [-0.4, -0.2) is 18.5 Å². The fourth-order valence-corrected chi connectivity index (χ4v) is 1.89. The van der Waals surface area contributed by atoms with Gasteiger partial charge in [0.05, 0.1) is 0 Å². The van der Waals surface area contributed by atoms with Crippen molar-refractivity contribution in [1.82, 2.24) is 10.9 Å². The Bertz CT molecular complexity index is 693. The van der Waals surface area contributed by atoms with Crippen molar-refractivity contribution in [3.63, 3.8) is 0 Å². The summed E-state index contributed by atoms with van der Waals surface area (Å²) in [6.45, 7) is -0.251. The number of ether oxygens (including phenoxy) is 1. The molecule has 120 valence electrons. The molecule has 0 saturated heterocycles. The molecule has 0 aliphatic carbocycles. The van der Waals surface area contributed by atoms with Gasteiger partial charge >= 0.3 is 6.03 Å². The molecule has 8 heteroatoms. The van der Waals surface area contributed by atoms with Crippen LogP contribution in [0.5, 0.6) is 5.75 Å². The van der Waals surface area contributed by atoms with E-state index in [1.165, 1.54) is 0 Å². The molecule has 0 aromatic heterocycles. The van der Waals surface area contributed by atoms with Crippen molar-refractivity contribution in [1.29, 1.82) is 0 Å². The minimum atomic E-state index is -0.605. The molecule has 0 unspecified atom stereocenters. The number of urea groups is 1. The lowest BCUT2D eigenvalue weighted by Gasteiger charge is -2.10. The Hall–Kier alpha value is -2.44. The molecule has 0 aliphatic rings. The number of amides is 3. The van der Waals surface area contributed by atoms with Crippen LogP contribution in [0.2, 0.25) is 10.0 Å². The summed E-state index contributed by atoms with van der Waals surface area (Å²) in [5.74, 6) is -0.0193. The molecule has 0 saturated carbocycles. The first kappa shape index (κ1) is 16.9. The number of rotatable bonds is 4. The molecular formula is C15H13Cl2N3O3. The van der Waals surface area contributed by atoms with E-state index in [9.17, 15) is 9.59 Å². The van der Waals surface area contributed by atoms with Crippen LogP contribution in [0.15, 0.2) is 48.5 Å². The van der Waals surface area contributed by atoms with E-state index in [1.54, 1.807) is 48.5 Å². The van der Waals surface area contributed by atoms with Gasteiger partial charge in [0.25, 0.3) is 5.91 Å². The van der Waals surface area contributed by atoms with Gasteiger partial charge in [-0.1, -0.05) is 29.3 Å². The molecule has 0 heterocycles. The Labute approximate surface area is 142 Å². The van der Waals surface area contributed by atoms with Crippen LogP contribution >= 0.6 is 23.2 Å². The van der Waals surface area contributed by atoms with E-state index in [0.29, 0.717) is 21.5 Å². The smallest absolute Gasteiger partial charge is 0.337 e. The maximum Gasteiger partial charge on any atom is 0.337 e. The monoisotopic (exact) mass is 353 g/mol. The third-order valence-corrected chi connectivity index (χ3v) is 3.07. The van der Waals surface area contributed by atoms with Crippen molar-refractivity contribution in [3.05, 3.63) is 58.6 Å². The SMILES string of the molecule is O=C(COc1ccc(Cl)cc1)NNC(=O)Nc1cccc(Cl)c1. The summed E-state index contributed by atoms with van der Waals surface area (Å²) in [6.07, 6.45) is 0. The summed E-state index contributed by atoms with van der Waals surface area (Å²) in [4.78, 5) is 23.2. The van der Waals surface area contributed by atoms with E-state index in [4.69, 9.17) is 27.9 Å². The molecule has 3 amide bonds. The molecule has 3 N–H and O–H groups in total. The molecule has 6 nitrogen and oxygen atoms in total. The topological polar surface area (TPSA) is 79.5 Å². The van der Waals surface area contributed by atoms with Crippen LogP contribution < -0.4 is 20.9 Å². The van der Waals surface area contributed by atoms with Crippen LogP contribution in [0.25, 0.3) is 0 Å². The zero-order valence-electron chi connectivity index (χ0n) is 11.8. The highest BCUT2D eigenvalue weighted by atomic mass is 35.5. The molecular weight excluding hydrogens is 341 g/mol. The number of halogens is 2. The van der Waals surface area contributed by atoms with E-state index in [0.717, 1.165) is 0 Å². The number of anilines is 1. The van der Waals surface area contributed by atoms with E-state index in [-0.39, 0.29) is 6.61 Å². The van der Waals surface area contributed by atoms with Crippen molar-refractivity contribution in [2.75, 3.05) is 11.9 Å². The predicted molar refractivity (Wildman–Crippen MR) is 88.7 cm³/mol. The summed E-state index contributed by atoms with van der Waals surface area (Å²) in [7, 11) is 0. The van der Waals surface area contributed by atoms with Crippen molar-refractivity contribution in [2.24, 2.45) is 0 Å². The van der Waals surface area contributed by atoms with Gasteiger partial charge in [-0.05, 0) is 42.5 Å². The second-order valence-electron chi connectivity index (χ2n) is 4.38. The molecule has 0 radical (unpaired) electrons. The Morgan fingerprint density at radius 2 is 1.70 bits per heavy atom. The summed E-state index contributed by atoms with van der Waals surface area (Å²) >= 11 is 11.5. The van der Waals surface area contributed by atoms with Gasteiger partial charge in [0.1, 0.15) is 5.75 Å². The van der Waals surface area contributed by atoms with Gasteiger partial charge in [-0.15, -0.1) is 0 Å². The van der Waals surface area contributed by atoms with Crippen molar-refractivity contribution in [3.8, 4) is 5.75 Å². The quantitative estimate of drug-likeness (QED) is 0.738. The number of carbonyl (C=O) groups is 2. The first-order valence-corrected chi connectivity index (χ1v) is 7.28. The molecule has 0 bridgehead atoms. The zero-order chi connectivity index (χ0) is 16.7.